The molecule has 174 valence electrons. The third-order valence-electron chi connectivity index (χ3n) is 6.94. The van der Waals surface area contributed by atoms with Crippen LogP contribution in [-0.2, 0) is 5.41 Å². The Morgan fingerprint density at radius 3 is 1.92 bits per heavy atom. The minimum atomic E-state index is -1.49. The number of benzene rings is 7. The van der Waals surface area contributed by atoms with Crippen LogP contribution >= 0.6 is 0 Å². The molecule has 0 radical (unpaired) electrons. The van der Waals surface area contributed by atoms with E-state index in [1.807, 2.05) is 0 Å². The van der Waals surface area contributed by atoms with Crippen LogP contribution in [0, 0.1) is 0 Å². The summed E-state index contributed by atoms with van der Waals surface area (Å²) in [6, 6.07) is -13.3. The summed E-state index contributed by atoms with van der Waals surface area (Å²) in [6.45, 7) is 3.13. The van der Waals surface area contributed by atoms with E-state index in [0.717, 1.165) is 0 Å². The molecule has 0 amide bonds. The van der Waals surface area contributed by atoms with Crippen molar-refractivity contribution in [2.45, 2.75) is 19.3 Å². The zero-order valence-electron chi connectivity index (χ0n) is 39.5. The average Bonchev–Trinajstić information content (AvgIpc) is 3.42. The first kappa shape index (κ1) is 9.15. The first-order valence-corrected chi connectivity index (χ1v) is 11.5. The van der Waals surface area contributed by atoms with Crippen LogP contribution in [0.2, 0.25) is 0 Å². The summed E-state index contributed by atoms with van der Waals surface area (Å²) in [4.78, 5) is 0. The summed E-state index contributed by atoms with van der Waals surface area (Å²) in [5.74, 6) is 0. The molecule has 0 aromatic heterocycles. The van der Waals surface area contributed by atoms with Crippen molar-refractivity contribution in [2.24, 2.45) is 0 Å². The van der Waals surface area contributed by atoms with Gasteiger partial charge >= 0.3 is 0 Å². The molecular weight excluding hydrogens is 444 g/mol. The van der Waals surface area contributed by atoms with Gasteiger partial charge in [0.05, 0.1) is 27.4 Å². The highest BCUT2D eigenvalue weighted by Gasteiger charge is 2.36. The largest absolute Gasteiger partial charge is 0.0636 e. The van der Waals surface area contributed by atoms with Crippen molar-refractivity contribution in [3.8, 4) is 22.3 Å². The molecule has 0 heteroatoms. The zero-order chi connectivity index (χ0) is 42.1. The van der Waals surface area contributed by atoms with Crippen LogP contribution in [0.25, 0.3) is 65.3 Å². The van der Waals surface area contributed by atoms with Crippen molar-refractivity contribution in [1.29, 1.82) is 0 Å². The van der Waals surface area contributed by atoms with Crippen LogP contribution in [-0.4, -0.2) is 0 Å². The summed E-state index contributed by atoms with van der Waals surface area (Å²) in [7, 11) is 0. The molecule has 0 bridgehead atoms. The number of fused-ring (bicyclic) bond motifs is 8. The zero-order valence-corrected chi connectivity index (χ0v) is 19.5. The highest BCUT2D eigenvalue weighted by Crippen LogP contribution is 2.51. The van der Waals surface area contributed by atoms with Gasteiger partial charge in [-0.1, -0.05) is 111 Å². The molecular formula is C37H26. The number of hydrogen-bond donors (Lipinski definition) is 0. The summed E-state index contributed by atoms with van der Waals surface area (Å²) in [5.41, 5.74) is -2.68. The van der Waals surface area contributed by atoms with Gasteiger partial charge in [0.1, 0.15) is 0 Å². The Balaban J connectivity index is 1.68. The predicted molar refractivity (Wildman–Crippen MR) is 159 cm³/mol. The van der Waals surface area contributed by atoms with E-state index in [9.17, 15) is 9.60 Å². The first-order valence-electron chi connectivity index (χ1n) is 21.5. The van der Waals surface area contributed by atoms with Gasteiger partial charge in [-0.3, -0.25) is 0 Å². The van der Waals surface area contributed by atoms with Gasteiger partial charge in [-0.2, -0.15) is 0 Å². The standard InChI is InChI=1S/C37H26/c1-37(2)34-22-27(16-17-30(34)33-19-24-10-3-4-11-25(24)21-35(33)37)36-29-14-8-6-12-26(29)20-32-28-13-7-5-9-23(28)15-18-31(32)36/h3-22H,1-2H3/i3D,4D,5D,6D,7D,8D,9D,10D,11D,12D,13D,14D,15D,16D,17D,18D,19D,20D,21D,22D. The average molecular weight is 491 g/mol. The predicted octanol–water partition coefficient (Wildman–Crippen LogP) is 10.3. The molecule has 7 aromatic rings. The van der Waals surface area contributed by atoms with E-state index in [0.29, 0.717) is 0 Å². The van der Waals surface area contributed by atoms with Crippen LogP contribution in [0.5, 0.6) is 0 Å². The third kappa shape index (κ3) is 2.84. The Labute approximate surface area is 244 Å². The molecule has 0 spiro atoms. The van der Waals surface area contributed by atoms with Crippen molar-refractivity contribution >= 4 is 43.1 Å². The fourth-order valence-electron chi connectivity index (χ4n) is 5.16. The van der Waals surface area contributed by atoms with Crippen molar-refractivity contribution < 1.29 is 27.4 Å². The Bertz CT molecular complexity index is 3150. The highest BCUT2D eigenvalue weighted by atomic mass is 14.4. The monoisotopic (exact) mass is 490 g/mol. The highest BCUT2D eigenvalue weighted by molar-refractivity contribution is 6.20. The topological polar surface area (TPSA) is 0 Å². The molecule has 0 unspecified atom stereocenters. The van der Waals surface area contributed by atoms with Gasteiger partial charge in [0.15, 0.2) is 0 Å². The van der Waals surface area contributed by atoms with Crippen molar-refractivity contribution in [1.82, 2.24) is 0 Å². The maximum atomic E-state index is 9.83. The normalized spacial score (nSPS) is 21.5. The van der Waals surface area contributed by atoms with Crippen molar-refractivity contribution in [3.05, 3.63) is 132 Å². The SMILES string of the molecule is [2H]c1c([2H])c2c(c([2H])c1-c1c3c([2H])c([2H])c([2H])c([2H])c3c([2H])c3c1c([2H])c([2H])c1c([2H])c([2H])c([2H])c([2H])c13)C(C)(C)c1c-2c([2H])c2c([2H])c([2H])c([2H])c([2H])c2c1[2H]. The van der Waals surface area contributed by atoms with E-state index in [4.69, 9.17) is 17.8 Å². The molecule has 7 aromatic carbocycles. The molecule has 8 rings (SSSR count). The van der Waals surface area contributed by atoms with E-state index in [1.165, 1.54) is 0 Å². The summed E-state index contributed by atoms with van der Waals surface area (Å²) < 4.78 is 178. The third-order valence-corrected chi connectivity index (χ3v) is 6.94. The van der Waals surface area contributed by atoms with E-state index < -0.39 is 170 Å². The molecule has 0 fully saturated rings. The molecule has 1 aliphatic rings. The number of hydrogen-bond acceptors (Lipinski definition) is 0. The second-order valence-electron chi connectivity index (χ2n) is 9.38. The van der Waals surface area contributed by atoms with Gasteiger partial charge < -0.3 is 0 Å². The minimum Gasteiger partial charge on any atom is -0.0616 e. The molecule has 0 aliphatic heterocycles. The lowest BCUT2D eigenvalue weighted by Gasteiger charge is -2.23. The van der Waals surface area contributed by atoms with Gasteiger partial charge in [-0.15, -0.1) is 0 Å². The molecule has 0 heterocycles. The summed E-state index contributed by atoms with van der Waals surface area (Å²) in [6.07, 6.45) is 0. The van der Waals surface area contributed by atoms with E-state index >= 15 is 0 Å². The van der Waals surface area contributed by atoms with Crippen molar-refractivity contribution in [3.63, 3.8) is 0 Å². The second kappa shape index (κ2) is 7.31. The Kier molecular flexibility index (Phi) is 1.81. The summed E-state index contributed by atoms with van der Waals surface area (Å²) >= 11 is 0. The lowest BCUT2D eigenvalue weighted by molar-refractivity contribution is 0.661. The van der Waals surface area contributed by atoms with Crippen molar-refractivity contribution in [2.75, 3.05) is 0 Å². The van der Waals surface area contributed by atoms with Gasteiger partial charge in [-0.05, 0) is 101 Å². The molecule has 0 saturated carbocycles. The Morgan fingerprint density at radius 2 is 1.11 bits per heavy atom. The van der Waals surface area contributed by atoms with E-state index in [1.54, 1.807) is 13.8 Å². The molecule has 1 aliphatic carbocycles. The smallest absolute Gasteiger partial charge is 0.0616 e. The second-order valence-corrected chi connectivity index (χ2v) is 9.38. The summed E-state index contributed by atoms with van der Waals surface area (Å²) in [5, 5.41) is -3.16. The van der Waals surface area contributed by atoms with E-state index in [2.05, 4.69) is 0 Å². The molecule has 0 nitrogen and oxygen atoms in total. The minimum absolute atomic E-state index is 0.0355. The maximum Gasteiger partial charge on any atom is 0.0636 e. The quantitative estimate of drug-likeness (QED) is 0.159. The first-order chi connectivity index (χ1) is 26.5. The van der Waals surface area contributed by atoms with Crippen LogP contribution in [0.15, 0.2) is 121 Å². The molecule has 0 atom stereocenters. The van der Waals surface area contributed by atoms with Gasteiger partial charge in [-0.25, -0.2) is 0 Å². The fourth-order valence-corrected chi connectivity index (χ4v) is 5.16. The van der Waals surface area contributed by atoms with Crippen LogP contribution in [0.1, 0.15) is 52.4 Å². The van der Waals surface area contributed by atoms with E-state index in [-0.39, 0.29) is 33.0 Å². The van der Waals surface area contributed by atoms with Crippen LogP contribution < -0.4 is 0 Å². The molecule has 0 saturated heterocycles. The lowest BCUT2D eigenvalue weighted by Crippen LogP contribution is -2.15. The Hall–Kier alpha value is -4.42. The molecule has 0 N–H and O–H groups in total. The van der Waals surface area contributed by atoms with Gasteiger partial charge in [0.2, 0.25) is 0 Å². The maximum absolute atomic E-state index is 9.83. The van der Waals surface area contributed by atoms with Crippen LogP contribution in [0.4, 0.5) is 0 Å². The van der Waals surface area contributed by atoms with Gasteiger partial charge in [0, 0.05) is 5.41 Å². The number of rotatable bonds is 1. The Morgan fingerprint density at radius 1 is 0.459 bits per heavy atom. The lowest BCUT2D eigenvalue weighted by atomic mass is 9.80. The van der Waals surface area contributed by atoms with Crippen LogP contribution in [0.3, 0.4) is 0 Å². The fraction of sp³-hybridized carbons (Fsp3) is 0.0811. The molecule has 37 heavy (non-hydrogen) atoms. The van der Waals surface area contributed by atoms with Gasteiger partial charge in [0.25, 0.3) is 0 Å².